The molecule has 49 heavy (non-hydrogen) atoms. The monoisotopic (exact) mass is 695 g/mol. The van der Waals surface area contributed by atoms with E-state index in [1.54, 1.807) is 27.7 Å². The van der Waals surface area contributed by atoms with Gasteiger partial charge in [0, 0.05) is 13.1 Å². The molecule has 0 radical (unpaired) electrons. The Balaban J connectivity index is 2.26. The van der Waals surface area contributed by atoms with Crippen LogP contribution in [0.4, 0.5) is 14.4 Å². The zero-order valence-electron chi connectivity index (χ0n) is 30.6. The molecule has 0 aliphatic heterocycles. The number of carbonyl (C=O) groups excluding carboxylic acids is 6. The Bertz CT molecular complexity index is 1140. The maximum Gasteiger partial charge on any atom is 0.407 e. The van der Waals surface area contributed by atoms with Crippen LogP contribution in [0.1, 0.15) is 119 Å². The van der Waals surface area contributed by atoms with E-state index in [0.717, 1.165) is 37.1 Å². The summed E-state index contributed by atoms with van der Waals surface area (Å²) in [5.74, 6) is -1.69. The molecule has 2 aliphatic carbocycles. The number of primary amides is 1. The lowest BCUT2D eigenvalue weighted by Crippen LogP contribution is -2.61. The number of ether oxygens (including phenoxy) is 2. The number of hydrogen-bond donors (Lipinski definition) is 6. The molecule has 15 heteroatoms. The number of carbonyl (C=O) groups is 6. The molecular weight excluding hydrogens is 634 g/mol. The van der Waals surface area contributed by atoms with Crippen LogP contribution in [0.3, 0.4) is 0 Å². The van der Waals surface area contributed by atoms with Gasteiger partial charge in [-0.15, -0.1) is 0 Å². The van der Waals surface area contributed by atoms with E-state index in [9.17, 15) is 28.8 Å². The molecule has 280 valence electrons. The molecule has 7 N–H and O–H groups in total. The third-order valence-corrected chi connectivity index (χ3v) is 8.69. The molecule has 7 amide bonds. The Kier molecular flexibility index (Phi) is 16.4. The van der Waals surface area contributed by atoms with Gasteiger partial charge >= 0.3 is 18.2 Å². The second-order valence-electron chi connectivity index (χ2n) is 14.7. The van der Waals surface area contributed by atoms with Gasteiger partial charge in [-0.1, -0.05) is 59.3 Å². The average molecular weight is 696 g/mol. The van der Waals surface area contributed by atoms with Gasteiger partial charge in [0.2, 0.25) is 11.8 Å². The van der Waals surface area contributed by atoms with E-state index in [2.05, 4.69) is 26.7 Å². The van der Waals surface area contributed by atoms with Crippen LogP contribution in [0.5, 0.6) is 0 Å². The van der Waals surface area contributed by atoms with Crippen LogP contribution in [0, 0.1) is 17.8 Å². The van der Waals surface area contributed by atoms with Gasteiger partial charge in [-0.2, -0.15) is 0 Å². The fourth-order valence-corrected chi connectivity index (χ4v) is 6.24. The summed E-state index contributed by atoms with van der Waals surface area (Å²) in [7, 11) is 0. The van der Waals surface area contributed by atoms with E-state index in [1.807, 2.05) is 20.8 Å². The van der Waals surface area contributed by atoms with E-state index in [-0.39, 0.29) is 37.3 Å². The zero-order valence-corrected chi connectivity index (χ0v) is 30.6. The molecule has 2 unspecified atom stereocenters. The van der Waals surface area contributed by atoms with Crippen molar-refractivity contribution in [3.05, 3.63) is 0 Å². The number of nitrogens with two attached hydrogens (primary N) is 1. The molecular formula is C34H61N7O8. The second kappa shape index (κ2) is 19.4. The summed E-state index contributed by atoms with van der Waals surface area (Å²) in [6.45, 7) is 13.2. The van der Waals surface area contributed by atoms with Gasteiger partial charge in [-0.05, 0) is 77.6 Å². The molecule has 0 spiro atoms. The number of nitrogens with zero attached hydrogens (tertiary/aromatic N) is 1. The van der Waals surface area contributed by atoms with Crippen LogP contribution in [-0.2, 0) is 23.9 Å². The number of urea groups is 1. The average Bonchev–Trinajstić information content (AvgIpc) is 3.71. The van der Waals surface area contributed by atoms with E-state index in [0.29, 0.717) is 38.6 Å². The summed E-state index contributed by atoms with van der Waals surface area (Å²) in [6, 6.07) is -2.75. The first-order valence-electron chi connectivity index (χ1n) is 17.9. The van der Waals surface area contributed by atoms with Gasteiger partial charge in [0.1, 0.15) is 23.2 Å². The van der Waals surface area contributed by atoms with Crippen molar-refractivity contribution < 1.29 is 38.2 Å². The van der Waals surface area contributed by atoms with E-state index in [4.69, 9.17) is 15.2 Å². The van der Waals surface area contributed by atoms with Gasteiger partial charge < -0.3 is 36.5 Å². The minimum Gasteiger partial charge on any atom is -0.450 e. The van der Waals surface area contributed by atoms with Crippen molar-refractivity contribution in [2.45, 2.75) is 142 Å². The fraction of sp³-hybridized carbons (Fsp3) is 0.824. The molecule has 0 bridgehead atoms. The third kappa shape index (κ3) is 14.3. The Labute approximate surface area is 291 Å². The lowest BCUT2D eigenvalue weighted by molar-refractivity contribution is -0.135. The summed E-state index contributed by atoms with van der Waals surface area (Å²) in [6.07, 6.45) is 6.38. The summed E-state index contributed by atoms with van der Waals surface area (Å²) >= 11 is 0. The highest BCUT2D eigenvalue weighted by molar-refractivity contribution is 5.99. The van der Waals surface area contributed by atoms with Crippen LogP contribution in [0.25, 0.3) is 0 Å². The third-order valence-electron chi connectivity index (χ3n) is 8.69. The van der Waals surface area contributed by atoms with Crippen molar-refractivity contribution >= 4 is 35.9 Å². The molecule has 2 rings (SSSR count). The highest BCUT2D eigenvalue weighted by Gasteiger charge is 2.61. The Morgan fingerprint density at radius 2 is 1.61 bits per heavy atom. The van der Waals surface area contributed by atoms with Crippen molar-refractivity contribution in [2.75, 3.05) is 19.7 Å². The van der Waals surface area contributed by atoms with Gasteiger partial charge in [0.05, 0.1) is 6.61 Å². The summed E-state index contributed by atoms with van der Waals surface area (Å²) in [4.78, 5) is 77.9. The second-order valence-corrected chi connectivity index (χ2v) is 14.7. The Hall–Kier alpha value is -3.78. The number of nitrogens with one attached hydrogen (secondary N) is 5. The van der Waals surface area contributed by atoms with Gasteiger partial charge in [-0.3, -0.25) is 19.8 Å². The van der Waals surface area contributed by atoms with Crippen molar-refractivity contribution in [3.8, 4) is 0 Å². The summed E-state index contributed by atoms with van der Waals surface area (Å²) in [5.41, 5.74) is 6.02. The summed E-state index contributed by atoms with van der Waals surface area (Å²) < 4.78 is 10.4. The Morgan fingerprint density at radius 3 is 2.18 bits per heavy atom. The van der Waals surface area contributed by atoms with Crippen LogP contribution in [0.15, 0.2) is 0 Å². The number of rotatable bonds is 17. The molecule has 15 nitrogen and oxygen atoms in total. The predicted octanol–water partition coefficient (Wildman–Crippen LogP) is 3.60. The maximum atomic E-state index is 14.1. The molecule has 0 aromatic carbocycles. The zero-order chi connectivity index (χ0) is 36.8. The first-order chi connectivity index (χ1) is 23.0. The lowest BCUT2D eigenvalue weighted by Gasteiger charge is -2.29. The highest BCUT2D eigenvalue weighted by atomic mass is 16.6. The molecule has 2 saturated carbocycles. The number of hydrogen-bond acceptors (Lipinski definition) is 8. The first kappa shape index (κ1) is 41.4. The van der Waals surface area contributed by atoms with Gasteiger partial charge in [0.25, 0.3) is 5.91 Å². The minimum atomic E-state index is -1.35. The van der Waals surface area contributed by atoms with Gasteiger partial charge in [0.15, 0.2) is 0 Å². The van der Waals surface area contributed by atoms with Crippen molar-refractivity contribution in [1.29, 1.82) is 0 Å². The van der Waals surface area contributed by atoms with Crippen LogP contribution in [0.2, 0.25) is 0 Å². The number of amides is 7. The topological polar surface area (TPSA) is 210 Å². The quantitative estimate of drug-likeness (QED) is 0.0976. The minimum absolute atomic E-state index is 0.0206. The normalized spacial score (nSPS) is 20.3. The predicted molar refractivity (Wildman–Crippen MR) is 184 cm³/mol. The standard InChI is InChI=1S/C34H61N7O8/c1-8-14-25(28(43)40-41(30(35)45)21-22(3)4)37-29(44)34(20-24(34)17-13-18-36-31(46)49-33(5,6)7)39-27(42)26(38-32(47)48-9-2)19-23-15-11-10-12-16-23/h22-26H,8-21H2,1-7H3,(H2,35,45)(H,36,46)(H,37,44)(H,38,47)(H,39,42)(H,40,43)/t24?,25-,26-,34?/m0/s1. The van der Waals surface area contributed by atoms with Crippen molar-refractivity contribution in [1.82, 2.24) is 31.7 Å². The fourth-order valence-electron chi connectivity index (χ4n) is 6.24. The van der Waals surface area contributed by atoms with Crippen LogP contribution < -0.4 is 32.4 Å². The number of hydrazine groups is 1. The smallest absolute Gasteiger partial charge is 0.407 e. The van der Waals surface area contributed by atoms with Crippen LogP contribution in [-0.4, -0.2) is 83.9 Å². The van der Waals surface area contributed by atoms with E-state index < -0.39 is 59.2 Å². The van der Waals surface area contributed by atoms with E-state index in [1.165, 1.54) is 0 Å². The molecule has 2 aliphatic rings. The maximum absolute atomic E-state index is 14.1. The molecule has 0 saturated heterocycles. The lowest BCUT2D eigenvalue weighted by atomic mass is 9.84. The SMILES string of the molecule is CCC[C@H](NC(=O)C1(NC(=O)[C@H](CC2CCCCC2)NC(=O)OCC)CC1CCCNC(=O)OC(C)(C)C)C(=O)NN(CC(C)C)C(N)=O. The summed E-state index contributed by atoms with van der Waals surface area (Å²) in [5, 5.41) is 12.2. The first-order valence-corrected chi connectivity index (χ1v) is 17.9. The molecule has 4 atom stereocenters. The molecule has 0 heterocycles. The molecule has 0 aromatic rings. The van der Waals surface area contributed by atoms with Crippen molar-refractivity contribution in [2.24, 2.45) is 23.5 Å². The van der Waals surface area contributed by atoms with Gasteiger partial charge in [-0.25, -0.2) is 19.4 Å². The number of alkyl carbamates (subject to hydrolysis) is 2. The Morgan fingerprint density at radius 1 is 0.939 bits per heavy atom. The van der Waals surface area contributed by atoms with Crippen LogP contribution >= 0.6 is 0 Å². The van der Waals surface area contributed by atoms with E-state index >= 15 is 0 Å². The molecule has 2 fully saturated rings. The van der Waals surface area contributed by atoms with Crippen molar-refractivity contribution in [3.63, 3.8) is 0 Å². The highest BCUT2D eigenvalue weighted by Crippen LogP contribution is 2.47. The largest absolute Gasteiger partial charge is 0.450 e. The molecule has 0 aromatic heterocycles.